The van der Waals surface area contributed by atoms with E-state index < -0.39 is 0 Å². The van der Waals surface area contributed by atoms with Crippen molar-refractivity contribution < 1.29 is 4.79 Å². The maximum absolute atomic E-state index is 12.0. The Kier molecular flexibility index (Phi) is 2.45. The quantitative estimate of drug-likeness (QED) is 0.681. The Bertz CT molecular complexity index is 257. The fourth-order valence-corrected chi connectivity index (χ4v) is 3.95. The molecule has 0 aromatic rings. The molecule has 3 fully saturated rings. The van der Waals surface area contributed by atoms with Gasteiger partial charge in [-0.15, -0.1) is 0 Å². The second-order valence-electron chi connectivity index (χ2n) is 5.73. The lowest BCUT2D eigenvalue weighted by Crippen LogP contribution is -2.30. The van der Waals surface area contributed by atoms with Gasteiger partial charge < -0.3 is 4.90 Å². The third-order valence-corrected chi connectivity index (χ3v) is 4.78. The lowest BCUT2D eigenvalue weighted by atomic mass is 9.86. The van der Waals surface area contributed by atoms with Crippen molar-refractivity contribution in [3.05, 3.63) is 0 Å². The average molecular weight is 207 g/mol. The van der Waals surface area contributed by atoms with Crippen molar-refractivity contribution in [3.8, 4) is 0 Å². The van der Waals surface area contributed by atoms with Crippen molar-refractivity contribution >= 4 is 5.91 Å². The van der Waals surface area contributed by atoms with Crippen molar-refractivity contribution in [1.29, 1.82) is 0 Å². The van der Waals surface area contributed by atoms with Crippen LogP contribution >= 0.6 is 0 Å². The summed E-state index contributed by atoms with van der Waals surface area (Å²) in [6, 6.07) is 0. The van der Waals surface area contributed by atoms with Crippen LogP contribution in [0.4, 0.5) is 0 Å². The van der Waals surface area contributed by atoms with Crippen LogP contribution in [-0.2, 0) is 4.79 Å². The van der Waals surface area contributed by atoms with E-state index in [9.17, 15) is 4.79 Å². The van der Waals surface area contributed by atoms with Crippen molar-refractivity contribution in [2.75, 3.05) is 13.1 Å². The molecular weight excluding hydrogens is 186 g/mol. The van der Waals surface area contributed by atoms with Crippen molar-refractivity contribution in [2.24, 2.45) is 17.8 Å². The van der Waals surface area contributed by atoms with E-state index in [1.165, 1.54) is 38.5 Å². The number of carbonyl (C=O) groups excluding carboxylic acids is 1. The SMILES string of the molecule is O=C(C[C@@H]1C[C@@H]2CC[C@@H]1C2)N1CCCC1. The van der Waals surface area contributed by atoms with Crippen LogP contribution < -0.4 is 0 Å². The lowest BCUT2D eigenvalue weighted by molar-refractivity contribution is -0.131. The monoisotopic (exact) mass is 207 g/mol. The standard InChI is InChI=1S/C13H21NO/c15-13(14-5-1-2-6-14)9-12-8-10-3-4-11(12)7-10/h10-12H,1-9H2/t10-,11-,12+/m1/s1. The summed E-state index contributed by atoms with van der Waals surface area (Å²) in [5.41, 5.74) is 0. The second-order valence-corrected chi connectivity index (χ2v) is 5.73. The Morgan fingerprint density at radius 1 is 1.13 bits per heavy atom. The van der Waals surface area contributed by atoms with Gasteiger partial charge in [-0.05, 0) is 49.9 Å². The summed E-state index contributed by atoms with van der Waals surface area (Å²) in [5.74, 6) is 3.08. The number of amides is 1. The summed E-state index contributed by atoms with van der Waals surface area (Å²) in [7, 11) is 0. The minimum Gasteiger partial charge on any atom is -0.343 e. The molecule has 0 N–H and O–H groups in total. The van der Waals surface area contributed by atoms with Gasteiger partial charge in [0.15, 0.2) is 0 Å². The summed E-state index contributed by atoms with van der Waals surface area (Å²) in [6.07, 6.45) is 8.94. The normalized spacial score (nSPS) is 38.9. The highest BCUT2D eigenvalue weighted by molar-refractivity contribution is 5.76. The smallest absolute Gasteiger partial charge is 0.222 e. The van der Waals surface area contributed by atoms with E-state index in [0.29, 0.717) is 5.91 Å². The largest absolute Gasteiger partial charge is 0.343 e. The maximum atomic E-state index is 12.0. The predicted molar refractivity (Wildman–Crippen MR) is 59.4 cm³/mol. The molecule has 1 saturated heterocycles. The van der Waals surface area contributed by atoms with E-state index >= 15 is 0 Å². The molecule has 0 spiro atoms. The Morgan fingerprint density at radius 3 is 2.53 bits per heavy atom. The van der Waals surface area contributed by atoms with Crippen molar-refractivity contribution in [2.45, 2.75) is 44.9 Å². The molecule has 2 heteroatoms. The van der Waals surface area contributed by atoms with Crippen LogP contribution in [0.15, 0.2) is 0 Å². The van der Waals surface area contributed by atoms with Gasteiger partial charge in [0.25, 0.3) is 0 Å². The highest BCUT2D eigenvalue weighted by atomic mass is 16.2. The Labute approximate surface area is 92.0 Å². The lowest BCUT2D eigenvalue weighted by Gasteiger charge is -2.23. The number of hydrogen-bond donors (Lipinski definition) is 0. The minimum absolute atomic E-state index is 0.449. The van der Waals surface area contributed by atoms with Gasteiger partial charge in [-0.25, -0.2) is 0 Å². The number of hydrogen-bond acceptors (Lipinski definition) is 1. The molecule has 1 aliphatic heterocycles. The topological polar surface area (TPSA) is 20.3 Å². The zero-order valence-corrected chi connectivity index (χ0v) is 9.45. The summed E-state index contributed by atoms with van der Waals surface area (Å²) in [6.45, 7) is 2.05. The number of nitrogens with zero attached hydrogens (tertiary/aromatic N) is 1. The molecule has 0 aromatic carbocycles. The molecule has 1 heterocycles. The van der Waals surface area contributed by atoms with E-state index in [0.717, 1.165) is 37.3 Å². The molecule has 2 saturated carbocycles. The molecule has 84 valence electrons. The van der Waals surface area contributed by atoms with Crippen LogP contribution in [0.3, 0.4) is 0 Å². The van der Waals surface area contributed by atoms with Crippen LogP contribution in [-0.4, -0.2) is 23.9 Å². The fraction of sp³-hybridized carbons (Fsp3) is 0.923. The maximum Gasteiger partial charge on any atom is 0.222 e. The van der Waals surface area contributed by atoms with E-state index in [-0.39, 0.29) is 0 Å². The third kappa shape index (κ3) is 1.79. The molecule has 0 unspecified atom stereocenters. The van der Waals surface area contributed by atoms with E-state index in [1.807, 2.05) is 0 Å². The van der Waals surface area contributed by atoms with Crippen LogP contribution in [0.1, 0.15) is 44.9 Å². The predicted octanol–water partition coefficient (Wildman–Crippen LogP) is 2.44. The van der Waals surface area contributed by atoms with Crippen LogP contribution in [0.25, 0.3) is 0 Å². The molecule has 3 aliphatic rings. The zero-order valence-electron chi connectivity index (χ0n) is 9.45. The van der Waals surface area contributed by atoms with Gasteiger partial charge in [0, 0.05) is 19.5 Å². The third-order valence-electron chi connectivity index (χ3n) is 4.78. The Morgan fingerprint density at radius 2 is 1.93 bits per heavy atom. The highest BCUT2D eigenvalue weighted by Crippen LogP contribution is 2.49. The van der Waals surface area contributed by atoms with Crippen LogP contribution in [0, 0.1) is 17.8 Å². The number of rotatable bonds is 2. The molecule has 2 nitrogen and oxygen atoms in total. The summed E-state index contributed by atoms with van der Waals surface area (Å²) in [5, 5.41) is 0. The van der Waals surface area contributed by atoms with Gasteiger partial charge in [0.2, 0.25) is 5.91 Å². The molecule has 15 heavy (non-hydrogen) atoms. The molecule has 1 amide bonds. The van der Waals surface area contributed by atoms with Gasteiger partial charge >= 0.3 is 0 Å². The van der Waals surface area contributed by atoms with Gasteiger partial charge in [-0.1, -0.05) is 6.42 Å². The van der Waals surface area contributed by atoms with E-state index in [2.05, 4.69) is 4.90 Å². The molecule has 0 aromatic heterocycles. The van der Waals surface area contributed by atoms with E-state index in [4.69, 9.17) is 0 Å². The zero-order chi connectivity index (χ0) is 10.3. The molecule has 0 radical (unpaired) electrons. The van der Waals surface area contributed by atoms with Crippen LogP contribution in [0.5, 0.6) is 0 Å². The van der Waals surface area contributed by atoms with Gasteiger partial charge in [-0.2, -0.15) is 0 Å². The fourth-order valence-electron chi connectivity index (χ4n) is 3.95. The minimum atomic E-state index is 0.449. The van der Waals surface area contributed by atoms with Crippen LogP contribution in [0.2, 0.25) is 0 Å². The first-order valence-corrected chi connectivity index (χ1v) is 6.60. The summed E-state index contributed by atoms with van der Waals surface area (Å²) >= 11 is 0. The first-order valence-electron chi connectivity index (χ1n) is 6.60. The first-order chi connectivity index (χ1) is 7.33. The molecule has 2 bridgehead atoms. The first kappa shape index (κ1) is 9.68. The summed E-state index contributed by atoms with van der Waals surface area (Å²) < 4.78 is 0. The van der Waals surface area contributed by atoms with Gasteiger partial charge in [0.1, 0.15) is 0 Å². The molecule has 2 aliphatic carbocycles. The van der Waals surface area contributed by atoms with E-state index in [1.54, 1.807) is 0 Å². The number of likely N-dealkylation sites (tertiary alicyclic amines) is 1. The Balaban J connectivity index is 1.54. The second kappa shape index (κ2) is 3.80. The average Bonchev–Trinajstić information content (AvgIpc) is 2.95. The molecule has 3 atom stereocenters. The van der Waals surface area contributed by atoms with Crippen molar-refractivity contribution in [3.63, 3.8) is 0 Å². The van der Waals surface area contributed by atoms with Gasteiger partial charge in [-0.3, -0.25) is 4.79 Å². The summed E-state index contributed by atoms with van der Waals surface area (Å²) in [4.78, 5) is 14.1. The molecular formula is C13H21NO. The number of carbonyl (C=O) groups is 1. The molecule has 3 rings (SSSR count). The number of fused-ring (bicyclic) bond motifs is 2. The Hall–Kier alpha value is -0.530. The van der Waals surface area contributed by atoms with Crippen molar-refractivity contribution in [1.82, 2.24) is 4.90 Å². The van der Waals surface area contributed by atoms with Gasteiger partial charge in [0.05, 0.1) is 0 Å². The highest BCUT2D eigenvalue weighted by Gasteiger charge is 2.40.